The van der Waals surface area contributed by atoms with Gasteiger partial charge in [-0.05, 0) is 55.0 Å². The zero-order valence-electron chi connectivity index (χ0n) is 17.0. The van der Waals surface area contributed by atoms with E-state index in [1.807, 2.05) is 41.5 Å². The quantitative estimate of drug-likeness (QED) is 0.626. The van der Waals surface area contributed by atoms with Crippen LogP contribution in [0.15, 0.2) is 29.4 Å². The lowest BCUT2D eigenvalue weighted by atomic mass is 9.92. The van der Waals surface area contributed by atoms with E-state index in [2.05, 4.69) is 15.1 Å². The third-order valence-corrected chi connectivity index (χ3v) is 5.57. The van der Waals surface area contributed by atoms with Crippen molar-refractivity contribution in [2.45, 2.75) is 64.4 Å². The molecule has 1 aromatic heterocycles. The standard InChI is InChI=1S/C19H28FN5O2S/c1-11(2)15-9-14(20)10-16(12(3)4)18(15)22-19(26)24-28(21,27)17-7-8-25(23-17)13(5)6/h7-13H,1-6H3,(H3,21,22,24,26,27). The van der Waals surface area contributed by atoms with Crippen LogP contribution in [0.4, 0.5) is 14.9 Å². The van der Waals surface area contributed by atoms with E-state index >= 15 is 0 Å². The van der Waals surface area contributed by atoms with Crippen molar-refractivity contribution in [3.63, 3.8) is 0 Å². The number of amides is 2. The Kier molecular flexibility index (Phi) is 6.48. The predicted octanol–water partition coefficient (Wildman–Crippen LogP) is 4.99. The molecule has 0 saturated carbocycles. The fourth-order valence-corrected chi connectivity index (χ4v) is 3.67. The molecule has 1 heterocycles. The summed E-state index contributed by atoms with van der Waals surface area (Å²) in [5, 5.41) is 6.76. The molecule has 0 aliphatic carbocycles. The highest BCUT2D eigenvalue weighted by molar-refractivity contribution is 7.91. The van der Waals surface area contributed by atoms with Crippen molar-refractivity contribution in [3.8, 4) is 0 Å². The Labute approximate surface area is 165 Å². The highest BCUT2D eigenvalue weighted by Crippen LogP contribution is 2.33. The SMILES string of the molecule is CC(C)c1cc(F)cc(C(C)C)c1NC(=O)NS(=N)(=O)c1ccn(C(C)C)n1. The summed E-state index contributed by atoms with van der Waals surface area (Å²) in [6.45, 7) is 11.4. The van der Waals surface area contributed by atoms with Gasteiger partial charge >= 0.3 is 6.03 Å². The van der Waals surface area contributed by atoms with E-state index < -0.39 is 15.9 Å². The Hall–Kier alpha value is -2.42. The number of nitrogens with one attached hydrogen (secondary N) is 3. The second-order valence-corrected chi connectivity index (χ2v) is 9.34. The Balaban J connectivity index is 2.31. The second-order valence-electron chi connectivity index (χ2n) is 7.61. The van der Waals surface area contributed by atoms with Crippen molar-refractivity contribution in [1.82, 2.24) is 14.5 Å². The summed E-state index contributed by atoms with van der Waals surface area (Å²) in [7, 11) is -3.63. The number of halogens is 1. The van der Waals surface area contributed by atoms with Crippen LogP contribution in [-0.4, -0.2) is 20.0 Å². The van der Waals surface area contributed by atoms with Crippen molar-refractivity contribution in [2.75, 3.05) is 5.32 Å². The first-order valence-electron chi connectivity index (χ1n) is 9.18. The van der Waals surface area contributed by atoms with Crippen LogP contribution in [0.25, 0.3) is 0 Å². The van der Waals surface area contributed by atoms with Crippen LogP contribution in [-0.2, 0) is 9.92 Å². The van der Waals surface area contributed by atoms with Gasteiger partial charge in [0.15, 0.2) is 14.9 Å². The number of aromatic nitrogens is 2. The lowest BCUT2D eigenvalue weighted by Crippen LogP contribution is -2.34. The molecule has 0 aliphatic rings. The number of urea groups is 1. The number of benzene rings is 1. The third kappa shape index (κ3) is 4.89. The Morgan fingerprint density at radius 3 is 2.11 bits per heavy atom. The average Bonchev–Trinajstić information content (AvgIpc) is 3.06. The smallest absolute Gasteiger partial charge is 0.307 e. The average molecular weight is 410 g/mol. The summed E-state index contributed by atoms with van der Waals surface area (Å²) >= 11 is 0. The van der Waals surface area contributed by atoms with Gasteiger partial charge in [0, 0.05) is 17.9 Å². The monoisotopic (exact) mass is 409 g/mol. The summed E-state index contributed by atoms with van der Waals surface area (Å²) in [6, 6.07) is 3.46. The molecule has 28 heavy (non-hydrogen) atoms. The lowest BCUT2D eigenvalue weighted by Gasteiger charge is -2.21. The molecule has 2 aromatic rings. The Morgan fingerprint density at radius 2 is 1.68 bits per heavy atom. The number of anilines is 1. The van der Waals surface area contributed by atoms with Crippen molar-refractivity contribution in [1.29, 1.82) is 4.78 Å². The molecule has 7 nitrogen and oxygen atoms in total. The highest BCUT2D eigenvalue weighted by atomic mass is 32.2. The highest BCUT2D eigenvalue weighted by Gasteiger charge is 2.21. The van der Waals surface area contributed by atoms with Gasteiger partial charge in [0.05, 0.1) is 0 Å². The molecule has 0 radical (unpaired) electrons. The fraction of sp³-hybridized carbons (Fsp3) is 0.474. The van der Waals surface area contributed by atoms with E-state index in [0.717, 1.165) is 0 Å². The van der Waals surface area contributed by atoms with Gasteiger partial charge in [-0.25, -0.2) is 22.9 Å². The van der Waals surface area contributed by atoms with E-state index in [9.17, 15) is 13.4 Å². The lowest BCUT2D eigenvalue weighted by molar-refractivity contribution is 0.256. The Bertz CT molecular complexity index is 935. The van der Waals surface area contributed by atoms with Crippen molar-refractivity contribution in [3.05, 3.63) is 41.3 Å². The molecule has 0 fully saturated rings. The first kappa shape index (κ1) is 21.9. The van der Waals surface area contributed by atoms with E-state index in [-0.39, 0.29) is 28.7 Å². The summed E-state index contributed by atoms with van der Waals surface area (Å²) in [6.07, 6.45) is 1.61. The zero-order chi connectivity index (χ0) is 21.2. The largest absolute Gasteiger partial charge is 0.332 e. The molecule has 2 rings (SSSR count). The molecule has 0 saturated heterocycles. The number of nitrogens with zero attached hydrogens (tertiary/aromatic N) is 2. The van der Waals surface area contributed by atoms with Gasteiger partial charge in [-0.1, -0.05) is 27.7 Å². The van der Waals surface area contributed by atoms with Crippen LogP contribution in [0.5, 0.6) is 0 Å². The minimum Gasteiger partial charge on any atom is -0.307 e. The first-order valence-corrected chi connectivity index (χ1v) is 10.7. The molecule has 2 amide bonds. The summed E-state index contributed by atoms with van der Waals surface area (Å²) in [4.78, 5) is 12.5. The van der Waals surface area contributed by atoms with E-state index in [4.69, 9.17) is 4.78 Å². The predicted molar refractivity (Wildman–Crippen MR) is 108 cm³/mol. The van der Waals surface area contributed by atoms with Gasteiger partial charge in [0.1, 0.15) is 5.82 Å². The van der Waals surface area contributed by atoms with Crippen LogP contribution in [0, 0.1) is 10.6 Å². The Morgan fingerprint density at radius 1 is 1.14 bits per heavy atom. The molecule has 3 N–H and O–H groups in total. The van der Waals surface area contributed by atoms with E-state index in [1.54, 1.807) is 10.9 Å². The van der Waals surface area contributed by atoms with Crippen LogP contribution in [0.3, 0.4) is 0 Å². The number of hydrogen-bond acceptors (Lipinski definition) is 4. The molecule has 1 unspecified atom stereocenters. The fourth-order valence-electron chi connectivity index (χ4n) is 2.79. The molecule has 154 valence electrons. The third-order valence-electron chi connectivity index (χ3n) is 4.29. The molecule has 0 spiro atoms. The first-order chi connectivity index (χ1) is 12.9. The molecule has 0 bridgehead atoms. The molecule has 1 aromatic carbocycles. The van der Waals surface area contributed by atoms with Crippen LogP contribution in [0.2, 0.25) is 0 Å². The maximum Gasteiger partial charge on any atom is 0.332 e. The molecular weight excluding hydrogens is 381 g/mol. The summed E-state index contributed by atoms with van der Waals surface area (Å²) in [5.41, 5.74) is 1.76. The van der Waals surface area contributed by atoms with Crippen molar-refractivity contribution >= 4 is 21.6 Å². The number of carbonyl (C=O) groups is 1. The number of carbonyl (C=O) groups excluding carboxylic acids is 1. The van der Waals surface area contributed by atoms with Crippen molar-refractivity contribution in [2.24, 2.45) is 0 Å². The molecule has 1 atom stereocenters. The van der Waals surface area contributed by atoms with Gasteiger partial charge in [-0.15, -0.1) is 0 Å². The van der Waals surface area contributed by atoms with Crippen LogP contribution < -0.4 is 10.0 Å². The van der Waals surface area contributed by atoms with Gasteiger partial charge < -0.3 is 5.32 Å². The van der Waals surface area contributed by atoms with Crippen LogP contribution in [0.1, 0.15) is 70.5 Å². The van der Waals surface area contributed by atoms with Crippen molar-refractivity contribution < 1.29 is 13.4 Å². The zero-order valence-corrected chi connectivity index (χ0v) is 17.9. The number of hydrogen-bond donors (Lipinski definition) is 3. The van der Waals surface area contributed by atoms with Crippen LogP contribution >= 0.6 is 0 Å². The van der Waals surface area contributed by atoms with Gasteiger partial charge in [-0.3, -0.25) is 4.68 Å². The molecular formula is C19H28FN5O2S. The topological polar surface area (TPSA) is 99.9 Å². The van der Waals surface area contributed by atoms with Gasteiger partial charge in [0.25, 0.3) is 0 Å². The molecule has 0 aliphatic heterocycles. The minimum atomic E-state index is -3.63. The summed E-state index contributed by atoms with van der Waals surface area (Å²) in [5.74, 6) is -0.446. The second kappa shape index (κ2) is 8.30. The normalized spacial score (nSPS) is 13.8. The minimum absolute atomic E-state index is 0.0244. The molecule has 9 heteroatoms. The van der Waals surface area contributed by atoms with E-state index in [0.29, 0.717) is 16.8 Å². The number of rotatable bonds is 6. The summed E-state index contributed by atoms with van der Waals surface area (Å²) < 4.78 is 38.5. The van der Waals surface area contributed by atoms with E-state index in [1.165, 1.54) is 18.2 Å². The van der Waals surface area contributed by atoms with Gasteiger partial charge in [0.2, 0.25) is 0 Å². The maximum atomic E-state index is 14.0. The maximum absolute atomic E-state index is 14.0. The van der Waals surface area contributed by atoms with Gasteiger partial charge in [-0.2, -0.15) is 5.10 Å².